The SMILES string of the molecule is CCC1=C(OCCC#N)C(c2ccc([N+](=O)[O-])cc2)C(C(=O)OCc2ccccc2)=C(CCC=C=O)N1. The fourth-order valence-corrected chi connectivity index (χ4v) is 4.05. The van der Waals surface area contributed by atoms with Crippen molar-refractivity contribution in [1.29, 1.82) is 5.26 Å². The second-order valence-corrected chi connectivity index (χ2v) is 8.17. The normalized spacial score (nSPS) is 14.8. The van der Waals surface area contributed by atoms with Crippen molar-refractivity contribution in [3.63, 3.8) is 0 Å². The van der Waals surface area contributed by atoms with Crippen molar-refractivity contribution in [2.75, 3.05) is 6.61 Å². The molecule has 1 heterocycles. The number of nitrogens with one attached hydrogen (secondary N) is 1. The van der Waals surface area contributed by atoms with Crippen molar-refractivity contribution in [1.82, 2.24) is 5.32 Å². The quantitative estimate of drug-likeness (QED) is 0.141. The van der Waals surface area contributed by atoms with Crippen LogP contribution in [0, 0.1) is 21.4 Å². The monoisotopic (exact) mass is 501 g/mol. The summed E-state index contributed by atoms with van der Waals surface area (Å²) in [5, 5.41) is 23.5. The first kappa shape index (κ1) is 26.9. The minimum Gasteiger partial charge on any atom is -0.494 e. The van der Waals surface area contributed by atoms with Crippen LogP contribution in [0.4, 0.5) is 5.69 Å². The van der Waals surface area contributed by atoms with Gasteiger partial charge in [0.2, 0.25) is 0 Å². The molecule has 1 unspecified atom stereocenters. The number of ether oxygens (including phenoxy) is 2. The molecule has 0 radical (unpaired) electrons. The van der Waals surface area contributed by atoms with Gasteiger partial charge in [-0.15, -0.1) is 0 Å². The van der Waals surface area contributed by atoms with E-state index in [1.165, 1.54) is 18.2 Å². The third-order valence-electron chi connectivity index (χ3n) is 5.79. The van der Waals surface area contributed by atoms with E-state index in [1.54, 1.807) is 18.1 Å². The number of benzene rings is 2. The Morgan fingerprint density at radius 2 is 1.89 bits per heavy atom. The molecular weight excluding hydrogens is 474 g/mol. The zero-order valence-corrected chi connectivity index (χ0v) is 20.4. The summed E-state index contributed by atoms with van der Waals surface area (Å²) in [6.45, 7) is 2.08. The van der Waals surface area contributed by atoms with E-state index in [4.69, 9.17) is 14.7 Å². The van der Waals surface area contributed by atoms with Crippen molar-refractivity contribution in [3.8, 4) is 6.07 Å². The van der Waals surface area contributed by atoms with Gasteiger partial charge < -0.3 is 14.8 Å². The lowest BCUT2D eigenvalue weighted by Gasteiger charge is -2.33. The van der Waals surface area contributed by atoms with Gasteiger partial charge in [-0.05, 0) is 30.4 Å². The van der Waals surface area contributed by atoms with Gasteiger partial charge in [0.15, 0.2) is 0 Å². The van der Waals surface area contributed by atoms with E-state index in [0.717, 1.165) is 5.56 Å². The molecular formula is C28H27N3O6. The van der Waals surface area contributed by atoms with E-state index in [9.17, 15) is 19.7 Å². The molecule has 190 valence electrons. The molecule has 0 amide bonds. The number of carbonyl (C=O) groups excluding carboxylic acids is 2. The Morgan fingerprint density at radius 1 is 1.16 bits per heavy atom. The zero-order chi connectivity index (χ0) is 26.6. The molecule has 0 fully saturated rings. The van der Waals surface area contributed by atoms with Crippen molar-refractivity contribution in [2.45, 2.75) is 45.1 Å². The number of nitrogens with zero attached hydrogens (tertiary/aromatic N) is 2. The first-order valence-electron chi connectivity index (χ1n) is 11.9. The maximum atomic E-state index is 13.6. The third kappa shape index (κ3) is 6.94. The lowest BCUT2D eigenvalue weighted by Crippen LogP contribution is -2.32. The van der Waals surface area contributed by atoms with E-state index in [1.807, 2.05) is 43.3 Å². The average molecular weight is 502 g/mol. The molecule has 3 rings (SSSR count). The number of rotatable bonds is 12. The molecule has 1 aliphatic heterocycles. The highest BCUT2D eigenvalue weighted by molar-refractivity contribution is 5.92. The van der Waals surface area contributed by atoms with Crippen LogP contribution >= 0.6 is 0 Å². The Kier molecular flexibility index (Phi) is 9.77. The summed E-state index contributed by atoms with van der Waals surface area (Å²) >= 11 is 0. The van der Waals surface area contributed by atoms with Crippen LogP contribution in [0.15, 0.2) is 83.4 Å². The van der Waals surface area contributed by atoms with Gasteiger partial charge >= 0.3 is 5.97 Å². The van der Waals surface area contributed by atoms with Gasteiger partial charge in [-0.1, -0.05) is 49.4 Å². The number of nitro groups is 1. The van der Waals surface area contributed by atoms with Crippen LogP contribution in [0.25, 0.3) is 0 Å². The fraction of sp³-hybridized carbons (Fsp3) is 0.286. The van der Waals surface area contributed by atoms with Crippen LogP contribution in [0.1, 0.15) is 49.7 Å². The second kappa shape index (κ2) is 13.4. The number of nitro benzene ring substituents is 1. The Labute approximate surface area is 214 Å². The summed E-state index contributed by atoms with van der Waals surface area (Å²) in [6.07, 6.45) is 2.70. The molecule has 9 heteroatoms. The predicted molar refractivity (Wildman–Crippen MR) is 135 cm³/mol. The lowest BCUT2D eigenvalue weighted by molar-refractivity contribution is -0.384. The van der Waals surface area contributed by atoms with Crippen LogP contribution in [0.3, 0.4) is 0 Å². The van der Waals surface area contributed by atoms with E-state index in [-0.39, 0.29) is 30.9 Å². The van der Waals surface area contributed by atoms with E-state index in [0.29, 0.717) is 42.0 Å². The molecule has 2 aromatic carbocycles. The van der Waals surface area contributed by atoms with Gasteiger partial charge in [0.25, 0.3) is 5.69 Å². The minimum absolute atomic E-state index is 0.0483. The summed E-state index contributed by atoms with van der Waals surface area (Å²) in [7, 11) is 0. The topological polar surface area (TPSA) is 132 Å². The highest BCUT2D eigenvalue weighted by Crippen LogP contribution is 2.41. The number of non-ortho nitro benzene ring substituents is 1. The average Bonchev–Trinajstić information content (AvgIpc) is 2.92. The van der Waals surface area contributed by atoms with Gasteiger partial charge in [0.1, 0.15) is 24.9 Å². The summed E-state index contributed by atoms with van der Waals surface area (Å²) in [6, 6.07) is 17.2. The summed E-state index contributed by atoms with van der Waals surface area (Å²) in [4.78, 5) is 35.1. The largest absolute Gasteiger partial charge is 0.494 e. The molecule has 0 saturated carbocycles. The third-order valence-corrected chi connectivity index (χ3v) is 5.79. The number of allylic oxidation sites excluding steroid dienone is 4. The van der Waals surface area contributed by atoms with Gasteiger partial charge in [-0.3, -0.25) is 10.1 Å². The standard InChI is InChI=1S/C28H27N3O6/c1-2-23-27(36-18-8-16-29)25(21-12-14-22(15-13-21)31(34)35)26(24(30-23)11-6-7-17-32)28(33)37-19-20-9-4-3-5-10-20/h3-5,7,9-10,12-15,25,30H,2,6,8,11,18-19H2,1H3. The number of carbonyl (C=O) groups is 1. The number of nitriles is 1. The summed E-state index contributed by atoms with van der Waals surface area (Å²) < 4.78 is 11.7. The fourth-order valence-electron chi connectivity index (χ4n) is 4.05. The highest BCUT2D eigenvalue weighted by Gasteiger charge is 2.37. The zero-order valence-electron chi connectivity index (χ0n) is 20.4. The van der Waals surface area contributed by atoms with E-state index < -0.39 is 16.8 Å². The molecule has 2 aromatic rings. The Hall–Kier alpha value is -4.67. The van der Waals surface area contributed by atoms with Gasteiger partial charge in [-0.25, -0.2) is 9.59 Å². The van der Waals surface area contributed by atoms with Crippen molar-refractivity contribution < 1.29 is 24.0 Å². The first-order chi connectivity index (χ1) is 18.0. The van der Waals surface area contributed by atoms with E-state index >= 15 is 0 Å². The maximum Gasteiger partial charge on any atom is 0.337 e. The Balaban J connectivity index is 2.10. The van der Waals surface area contributed by atoms with Crippen LogP contribution in [-0.4, -0.2) is 23.4 Å². The highest BCUT2D eigenvalue weighted by atomic mass is 16.6. The molecule has 1 atom stereocenters. The van der Waals surface area contributed by atoms with Gasteiger partial charge in [0.05, 0.1) is 34.6 Å². The number of hydrogen-bond acceptors (Lipinski definition) is 8. The molecule has 0 aliphatic carbocycles. The van der Waals surface area contributed by atoms with Crippen molar-refractivity contribution >= 4 is 17.6 Å². The Bertz CT molecular complexity index is 1270. The smallest absolute Gasteiger partial charge is 0.337 e. The number of esters is 1. The van der Waals surface area contributed by atoms with Gasteiger partial charge in [0, 0.05) is 23.9 Å². The lowest BCUT2D eigenvalue weighted by atomic mass is 9.83. The number of hydrogen-bond donors (Lipinski definition) is 1. The molecule has 0 bridgehead atoms. The van der Waals surface area contributed by atoms with Crippen molar-refractivity contribution in [3.05, 3.63) is 105 Å². The first-order valence-corrected chi connectivity index (χ1v) is 11.9. The molecule has 0 spiro atoms. The van der Waals surface area contributed by atoms with Crippen LogP contribution in [0.2, 0.25) is 0 Å². The second-order valence-electron chi connectivity index (χ2n) is 8.17. The molecule has 0 saturated heterocycles. The van der Waals surface area contributed by atoms with Gasteiger partial charge in [-0.2, -0.15) is 5.26 Å². The number of dihydropyridines is 1. The molecule has 0 aromatic heterocycles. The van der Waals surface area contributed by atoms with Crippen LogP contribution in [-0.2, 0) is 25.7 Å². The van der Waals surface area contributed by atoms with Crippen molar-refractivity contribution in [2.24, 2.45) is 0 Å². The maximum absolute atomic E-state index is 13.6. The summed E-state index contributed by atoms with van der Waals surface area (Å²) in [5.74, 6) is 0.895. The van der Waals surface area contributed by atoms with Crippen LogP contribution < -0.4 is 5.32 Å². The van der Waals surface area contributed by atoms with Crippen LogP contribution in [0.5, 0.6) is 0 Å². The molecule has 1 N–H and O–H groups in total. The Morgan fingerprint density at radius 3 is 2.51 bits per heavy atom. The molecule has 9 nitrogen and oxygen atoms in total. The predicted octanol–water partition coefficient (Wildman–Crippen LogP) is 5.00. The van der Waals surface area contributed by atoms with E-state index in [2.05, 4.69) is 5.32 Å². The summed E-state index contributed by atoms with van der Waals surface area (Å²) in [5.41, 5.74) is 2.89. The molecule has 37 heavy (non-hydrogen) atoms. The minimum atomic E-state index is -0.728. The molecule has 1 aliphatic rings.